The molecule has 0 spiro atoms. The minimum absolute atomic E-state index is 0.0864. The third kappa shape index (κ3) is 4.67. The Hall–Kier alpha value is -1.85. The molecule has 3 N–H and O–H groups in total. The number of aryl methyl sites for hydroxylation is 3. The largest absolute Gasteiger partial charge is 0.466 e. The van der Waals surface area contributed by atoms with E-state index in [1.54, 1.807) is 17.7 Å². The number of aliphatic hydroxyl groups excluding tert-OH is 1. The van der Waals surface area contributed by atoms with E-state index < -0.39 is 16.4 Å². The lowest BCUT2D eigenvalue weighted by Crippen LogP contribution is -2.24. The molecular formula is C19H23N3O5S2. The monoisotopic (exact) mass is 437 g/mol. The highest BCUT2D eigenvalue weighted by Crippen LogP contribution is 2.43. The molecule has 156 valence electrons. The molecule has 0 saturated heterocycles. The Labute approximate surface area is 173 Å². The Bertz CT molecular complexity index is 1110. The minimum atomic E-state index is -4.01. The lowest BCUT2D eigenvalue weighted by atomic mass is 9.98. The Kier molecular flexibility index (Phi) is 5.71. The van der Waals surface area contributed by atoms with Crippen molar-refractivity contribution in [3.05, 3.63) is 46.6 Å². The van der Waals surface area contributed by atoms with Crippen LogP contribution >= 0.6 is 11.3 Å². The summed E-state index contributed by atoms with van der Waals surface area (Å²) in [4.78, 5) is 8.95. The van der Waals surface area contributed by atoms with Crippen molar-refractivity contribution >= 4 is 31.9 Å². The van der Waals surface area contributed by atoms with Gasteiger partial charge in [-0.1, -0.05) is 0 Å². The zero-order chi connectivity index (χ0) is 20.6. The van der Waals surface area contributed by atoms with Crippen molar-refractivity contribution in [3.8, 4) is 0 Å². The van der Waals surface area contributed by atoms with E-state index in [0.717, 1.165) is 45.8 Å². The van der Waals surface area contributed by atoms with E-state index in [2.05, 4.69) is 19.5 Å². The van der Waals surface area contributed by atoms with E-state index in [-0.39, 0.29) is 18.4 Å². The zero-order valence-electron chi connectivity index (χ0n) is 15.9. The summed E-state index contributed by atoms with van der Waals surface area (Å²) in [7, 11) is -4.01. The summed E-state index contributed by atoms with van der Waals surface area (Å²) in [5.74, 6) is 1.63. The number of thiophene rings is 1. The van der Waals surface area contributed by atoms with Gasteiger partial charge in [0.2, 0.25) is 0 Å². The van der Waals surface area contributed by atoms with E-state index in [1.807, 2.05) is 19.1 Å². The average molecular weight is 438 g/mol. The van der Waals surface area contributed by atoms with Gasteiger partial charge in [0.1, 0.15) is 17.8 Å². The van der Waals surface area contributed by atoms with Crippen LogP contribution in [0.2, 0.25) is 0 Å². The van der Waals surface area contributed by atoms with E-state index in [9.17, 15) is 13.5 Å². The highest BCUT2D eigenvalue weighted by atomic mass is 32.2. The lowest BCUT2D eigenvalue weighted by molar-refractivity contribution is 0.101. The number of hydrogen-bond donors (Lipinski definition) is 2. The van der Waals surface area contributed by atoms with Crippen LogP contribution in [0.25, 0.3) is 10.2 Å². The number of aliphatic hydroxyl groups is 1. The summed E-state index contributed by atoms with van der Waals surface area (Å²) in [6.07, 6.45) is 3.61. The summed E-state index contributed by atoms with van der Waals surface area (Å²) in [5, 5.41) is 17.3. The molecule has 3 atom stereocenters. The summed E-state index contributed by atoms with van der Waals surface area (Å²) >= 11 is 1.60. The number of furan rings is 1. The van der Waals surface area contributed by atoms with Gasteiger partial charge in [0.15, 0.2) is 0 Å². The first-order valence-corrected chi connectivity index (χ1v) is 11.8. The van der Waals surface area contributed by atoms with Crippen LogP contribution in [0, 0.1) is 12.8 Å². The standard InChI is InChI=1S/C19H23N3O5S2/c1-11-2-3-14(27-11)4-5-16-19-18(22-10-21-16)15(9-28-19)12-6-13(17(23)7-12)8-26-29(20,24)25/h2-3,9-10,12-13,17,23H,4-8H2,1H3,(H2,20,24,25)/t12-,13+,17+/m1/s1. The number of nitrogens with zero attached hydrogens (tertiary/aromatic N) is 2. The van der Waals surface area contributed by atoms with Gasteiger partial charge >= 0.3 is 10.3 Å². The predicted octanol–water partition coefficient (Wildman–Crippen LogP) is 2.45. The minimum Gasteiger partial charge on any atom is -0.466 e. The molecule has 0 unspecified atom stereocenters. The first kappa shape index (κ1) is 20.4. The van der Waals surface area contributed by atoms with Crippen molar-refractivity contribution < 1.29 is 22.1 Å². The summed E-state index contributed by atoms with van der Waals surface area (Å²) in [5.41, 5.74) is 2.95. The second kappa shape index (κ2) is 8.11. The van der Waals surface area contributed by atoms with Gasteiger partial charge in [0, 0.05) is 12.3 Å². The molecule has 3 aromatic rings. The fourth-order valence-electron chi connectivity index (χ4n) is 3.96. The molecule has 0 bridgehead atoms. The molecule has 1 aliphatic carbocycles. The van der Waals surface area contributed by atoms with Gasteiger partial charge in [-0.25, -0.2) is 15.1 Å². The quantitative estimate of drug-likeness (QED) is 0.581. The Morgan fingerprint density at radius 2 is 2.14 bits per heavy atom. The third-order valence-corrected chi connectivity index (χ3v) is 6.90. The van der Waals surface area contributed by atoms with Crippen LogP contribution in [0.3, 0.4) is 0 Å². The zero-order valence-corrected chi connectivity index (χ0v) is 17.6. The van der Waals surface area contributed by atoms with Crippen LogP contribution in [0.5, 0.6) is 0 Å². The Morgan fingerprint density at radius 3 is 2.86 bits per heavy atom. The van der Waals surface area contributed by atoms with E-state index in [1.165, 1.54) is 0 Å². The van der Waals surface area contributed by atoms with Crippen molar-refractivity contribution in [2.75, 3.05) is 6.61 Å². The molecule has 0 aliphatic heterocycles. The molecule has 1 saturated carbocycles. The molecule has 0 radical (unpaired) electrons. The molecule has 10 heteroatoms. The molecule has 1 aliphatic rings. The van der Waals surface area contributed by atoms with Crippen molar-refractivity contribution in [1.82, 2.24) is 9.97 Å². The van der Waals surface area contributed by atoms with Gasteiger partial charge in [0.25, 0.3) is 0 Å². The number of nitrogens with two attached hydrogens (primary N) is 1. The van der Waals surface area contributed by atoms with Crippen LogP contribution in [0.4, 0.5) is 0 Å². The lowest BCUT2D eigenvalue weighted by Gasteiger charge is -2.12. The van der Waals surface area contributed by atoms with Gasteiger partial charge < -0.3 is 9.52 Å². The first-order valence-electron chi connectivity index (χ1n) is 9.41. The molecule has 3 heterocycles. The van der Waals surface area contributed by atoms with E-state index in [0.29, 0.717) is 12.8 Å². The van der Waals surface area contributed by atoms with E-state index >= 15 is 0 Å². The van der Waals surface area contributed by atoms with Crippen LogP contribution in [-0.2, 0) is 27.3 Å². The molecule has 0 aromatic carbocycles. The van der Waals surface area contributed by atoms with Crippen molar-refractivity contribution in [2.24, 2.45) is 11.1 Å². The SMILES string of the molecule is Cc1ccc(CCc2ncnc3c([C@@H]4C[C@@H](COS(N)(=O)=O)[C@@H](O)C4)csc23)o1. The second-order valence-corrected chi connectivity index (χ2v) is 9.58. The van der Waals surface area contributed by atoms with Crippen LogP contribution < -0.4 is 5.14 Å². The number of hydrogen-bond acceptors (Lipinski definition) is 8. The van der Waals surface area contributed by atoms with Crippen LogP contribution in [0.1, 0.15) is 41.5 Å². The maximum atomic E-state index is 11.0. The Balaban J connectivity index is 1.50. The smallest absolute Gasteiger partial charge is 0.333 e. The molecule has 1 fully saturated rings. The van der Waals surface area contributed by atoms with Crippen molar-refractivity contribution in [1.29, 1.82) is 0 Å². The molecule has 4 rings (SSSR count). The predicted molar refractivity (Wildman–Crippen MR) is 109 cm³/mol. The second-order valence-electron chi connectivity index (χ2n) is 7.47. The topological polar surface area (TPSA) is 129 Å². The number of fused-ring (bicyclic) bond motifs is 1. The van der Waals surface area contributed by atoms with Gasteiger partial charge in [-0.15, -0.1) is 11.3 Å². The van der Waals surface area contributed by atoms with Gasteiger partial charge in [-0.3, -0.25) is 4.18 Å². The summed E-state index contributed by atoms with van der Waals surface area (Å²) in [6, 6.07) is 3.94. The Morgan fingerprint density at radius 1 is 1.31 bits per heavy atom. The number of aromatic nitrogens is 2. The molecule has 3 aromatic heterocycles. The number of rotatable bonds is 7. The van der Waals surface area contributed by atoms with E-state index in [4.69, 9.17) is 9.56 Å². The van der Waals surface area contributed by atoms with Crippen molar-refractivity contribution in [3.63, 3.8) is 0 Å². The van der Waals surface area contributed by atoms with Gasteiger partial charge in [0.05, 0.1) is 28.6 Å². The highest BCUT2D eigenvalue weighted by Gasteiger charge is 2.36. The summed E-state index contributed by atoms with van der Waals surface area (Å²) in [6.45, 7) is 1.82. The third-order valence-electron chi connectivity index (χ3n) is 5.40. The van der Waals surface area contributed by atoms with Gasteiger partial charge in [-0.05, 0) is 55.2 Å². The highest BCUT2D eigenvalue weighted by molar-refractivity contribution is 7.84. The average Bonchev–Trinajstić information content (AvgIpc) is 3.36. The first-order chi connectivity index (χ1) is 13.8. The maximum Gasteiger partial charge on any atom is 0.333 e. The fraction of sp³-hybridized carbons (Fsp3) is 0.474. The van der Waals surface area contributed by atoms with Gasteiger partial charge in [-0.2, -0.15) is 8.42 Å². The normalized spacial score (nSPS) is 22.5. The van der Waals surface area contributed by atoms with Crippen molar-refractivity contribution in [2.45, 2.75) is 44.6 Å². The molecule has 0 amide bonds. The molecule has 8 nitrogen and oxygen atoms in total. The molecule has 29 heavy (non-hydrogen) atoms. The van der Waals surface area contributed by atoms with Crippen LogP contribution in [-0.4, -0.2) is 36.2 Å². The maximum absolute atomic E-state index is 11.0. The fourth-order valence-corrected chi connectivity index (χ4v) is 5.45. The summed E-state index contributed by atoms with van der Waals surface area (Å²) < 4.78 is 33.4. The van der Waals surface area contributed by atoms with Crippen LogP contribution in [0.15, 0.2) is 28.3 Å². The molecular weight excluding hydrogens is 414 g/mol.